The van der Waals surface area contributed by atoms with Crippen molar-refractivity contribution >= 4 is 28.4 Å². The van der Waals surface area contributed by atoms with Crippen molar-refractivity contribution in [2.75, 3.05) is 17.7 Å². The molecule has 2 N–H and O–H groups in total. The van der Waals surface area contributed by atoms with Crippen molar-refractivity contribution < 1.29 is 9.53 Å². The quantitative estimate of drug-likeness (QED) is 0.288. The normalized spacial score (nSPS) is 10.9. The summed E-state index contributed by atoms with van der Waals surface area (Å²) in [5.74, 6) is 1.48. The molecule has 0 atom stereocenters. The number of nitrogens with zero attached hydrogens (tertiary/aromatic N) is 5. The number of nitrogens with two attached hydrogens (primary N) is 1. The van der Waals surface area contributed by atoms with Gasteiger partial charge < -0.3 is 19.9 Å². The lowest BCUT2D eigenvalue weighted by atomic mass is 9.98. The van der Waals surface area contributed by atoms with E-state index in [0.717, 1.165) is 44.8 Å². The molecule has 0 bridgehead atoms. The maximum Gasteiger partial charge on any atom is 0.253 e. The predicted molar refractivity (Wildman–Crippen MR) is 151 cm³/mol. The van der Waals surface area contributed by atoms with E-state index < -0.39 is 0 Å². The van der Waals surface area contributed by atoms with Crippen molar-refractivity contribution in [3.8, 4) is 34.0 Å². The molecule has 3 aromatic heterocycles. The number of hydrogen-bond donors (Lipinski definition) is 1. The fraction of sp³-hybridized carbons (Fsp3) is 0.133. The molecule has 1 amide bonds. The van der Waals surface area contributed by atoms with Crippen LogP contribution in [-0.4, -0.2) is 32.5 Å². The van der Waals surface area contributed by atoms with E-state index in [1.165, 1.54) is 6.33 Å². The largest absolute Gasteiger partial charge is 0.439 e. The molecule has 5 aromatic rings. The Bertz CT molecular complexity index is 1670. The van der Waals surface area contributed by atoms with Gasteiger partial charge in [0.25, 0.3) is 5.91 Å². The first-order valence-electron chi connectivity index (χ1n) is 12.1. The molecule has 0 saturated heterocycles. The van der Waals surface area contributed by atoms with E-state index in [-0.39, 0.29) is 5.91 Å². The Morgan fingerprint density at radius 2 is 1.68 bits per heavy atom. The molecule has 0 unspecified atom stereocenters. The molecule has 0 aliphatic carbocycles. The summed E-state index contributed by atoms with van der Waals surface area (Å²) >= 11 is 0. The van der Waals surface area contributed by atoms with Crippen molar-refractivity contribution in [3.63, 3.8) is 0 Å². The van der Waals surface area contributed by atoms with Crippen molar-refractivity contribution in [2.24, 2.45) is 7.05 Å². The first kappa shape index (κ1) is 24.7. The van der Waals surface area contributed by atoms with Crippen LogP contribution in [-0.2, 0) is 11.8 Å². The van der Waals surface area contributed by atoms with E-state index in [9.17, 15) is 4.79 Å². The van der Waals surface area contributed by atoms with Crippen LogP contribution in [0.3, 0.4) is 0 Å². The van der Waals surface area contributed by atoms with Crippen molar-refractivity contribution in [1.82, 2.24) is 19.5 Å². The number of fused-ring (bicyclic) bond motifs is 1. The lowest BCUT2D eigenvalue weighted by Crippen LogP contribution is -2.26. The highest BCUT2D eigenvalue weighted by atomic mass is 16.5. The Hall–Kier alpha value is -4.98. The zero-order valence-electron chi connectivity index (χ0n) is 21.8. The average Bonchev–Trinajstić information content (AvgIpc) is 3.21. The molecule has 0 aliphatic heterocycles. The van der Waals surface area contributed by atoms with Gasteiger partial charge in [-0.3, -0.25) is 4.79 Å². The minimum absolute atomic E-state index is 0.130. The molecular weight excluding hydrogens is 476 g/mol. The molecular formula is C30H28N6O2. The predicted octanol–water partition coefficient (Wildman–Crippen LogP) is 5.92. The van der Waals surface area contributed by atoms with E-state index in [2.05, 4.69) is 21.5 Å². The number of carbonyl (C=O) groups excluding carboxylic acids is 1. The maximum absolute atomic E-state index is 12.4. The van der Waals surface area contributed by atoms with Crippen LogP contribution in [0, 0.1) is 6.92 Å². The molecule has 0 fully saturated rings. The Morgan fingerprint density at radius 3 is 2.34 bits per heavy atom. The van der Waals surface area contributed by atoms with E-state index in [1.807, 2.05) is 85.3 Å². The molecule has 38 heavy (non-hydrogen) atoms. The minimum Gasteiger partial charge on any atom is -0.439 e. The lowest BCUT2D eigenvalue weighted by molar-refractivity contribution is -0.114. The number of aromatic nitrogens is 4. The Morgan fingerprint density at radius 1 is 1.00 bits per heavy atom. The van der Waals surface area contributed by atoms with Crippen molar-refractivity contribution in [1.29, 1.82) is 0 Å². The summed E-state index contributed by atoms with van der Waals surface area (Å²) in [5, 5.41) is 0.776. The Labute approximate surface area is 221 Å². The Balaban J connectivity index is 1.59. The molecule has 8 nitrogen and oxygen atoms in total. The topological polar surface area (TPSA) is 99.2 Å². The lowest BCUT2D eigenvalue weighted by Gasteiger charge is -2.18. The van der Waals surface area contributed by atoms with E-state index in [0.29, 0.717) is 23.0 Å². The third-order valence-corrected chi connectivity index (χ3v) is 6.42. The van der Waals surface area contributed by atoms with Crippen LogP contribution in [0.15, 0.2) is 85.2 Å². The van der Waals surface area contributed by atoms with Gasteiger partial charge in [0, 0.05) is 42.7 Å². The van der Waals surface area contributed by atoms with Gasteiger partial charge in [-0.05, 0) is 55.3 Å². The second kappa shape index (κ2) is 9.82. The molecule has 3 heterocycles. The highest BCUT2D eigenvalue weighted by molar-refractivity contribution is 6.08. The van der Waals surface area contributed by atoms with Gasteiger partial charge in [-0.15, -0.1) is 0 Å². The number of benzene rings is 2. The van der Waals surface area contributed by atoms with Gasteiger partial charge in [-0.1, -0.05) is 36.9 Å². The summed E-state index contributed by atoms with van der Waals surface area (Å²) in [7, 11) is 3.69. The van der Waals surface area contributed by atoms with Gasteiger partial charge in [0.15, 0.2) is 0 Å². The van der Waals surface area contributed by atoms with Gasteiger partial charge in [-0.2, -0.15) is 0 Å². The van der Waals surface area contributed by atoms with Gasteiger partial charge in [0.05, 0.1) is 11.1 Å². The molecule has 190 valence electrons. The first-order valence-corrected chi connectivity index (χ1v) is 12.1. The molecule has 0 saturated carbocycles. The Kier molecular flexibility index (Phi) is 6.38. The van der Waals surface area contributed by atoms with Gasteiger partial charge in [0.2, 0.25) is 5.88 Å². The zero-order chi connectivity index (χ0) is 27.0. The van der Waals surface area contributed by atoms with Gasteiger partial charge in [-0.25, -0.2) is 15.0 Å². The molecule has 0 spiro atoms. The summed E-state index contributed by atoms with van der Waals surface area (Å²) in [5.41, 5.74) is 13.0. The number of rotatable bonds is 6. The van der Waals surface area contributed by atoms with Crippen LogP contribution < -0.4 is 15.4 Å². The number of ether oxygens (including phenoxy) is 1. The van der Waals surface area contributed by atoms with Crippen LogP contribution in [0.1, 0.15) is 12.6 Å². The van der Waals surface area contributed by atoms with Crippen LogP contribution in [0.5, 0.6) is 11.6 Å². The second-order valence-electron chi connectivity index (χ2n) is 9.18. The number of pyridine rings is 1. The molecule has 8 heteroatoms. The molecule has 2 aromatic carbocycles. The fourth-order valence-electron chi connectivity index (χ4n) is 4.53. The molecule has 0 radical (unpaired) electrons. The number of aryl methyl sites for hydroxylation is 2. The number of nitrogen functional groups attached to an aromatic ring is 1. The number of carbonyl (C=O) groups is 1. The van der Waals surface area contributed by atoms with Crippen LogP contribution in [0.25, 0.3) is 33.4 Å². The van der Waals surface area contributed by atoms with E-state index >= 15 is 0 Å². The zero-order valence-corrected chi connectivity index (χ0v) is 21.8. The number of amides is 1. The van der Waals surface area contributed by atoms with Gasteiger partial charge >= 0.3 is 0 Å². The highest BCUT2D eigenvalue weighted by Gasteiger charge is 2.22. The third kappa shape index (κ3) is 4.48. The smallest absolute Gasteiger partial charge is 0.253 e. The molecule has 5 rings (SSSR count). The number of likely N-dealkylation sites (N-methyl/N-ethyl adjacent to an activating group) is 1. The first-order chi connectivity index (χ1) is 18.2. The summed E-state index contributed by atoms with van der Waals surface area (Å²) in [6, 6.07) is 21.3. The van der Waals surface area contributed by atoms with Crippen LogP contribution in [0.4, 0.5) is 11.5 Å². The van der Waals surface area contributed by atoms with E-state index in [1.54, 1.807) is 18.9 Å². The summed E-state index contributed by atoms with van der Waals surface area (Å²) in [4.78, 5) is 27.2. The average molecular weight is 505 g/mol. The van der Waals surface area contributed by atoms with E-state index in [4.69, 9.17) is 10.5 Å². The standard InChI is InChI=1S/C30H28N6O2/c1-18(2)30(37)35(4)22-13-9-21(10-14-22)27-25(26-28(31)32-17-33-29(26)36(27)5)20-11-15-23(16-12-20)38-24-8-6-7-19(3)34-24/h6-17H,1H2,2-5H3,(H2,31,32,33). The maximum atomic E-state index is 12.4. The SMILES string of the molecule is C=C(C)C(=O)N(C)c1ccc(-c2c(-c3ccc(Oc4cccc(C)n4)cc3)c3c(N)ncnc3n2C)cc1. The second-order valence-corrected chi connectivity index (χ2v) is 9.18. The van der Waals surface area contributed by atoms with Crippen LogP contribution in [0.2, 0.25) is 0 Å². The highest BCUT2D eigenvalue weighted by Crippen LogP contribution is 2.42. The van der Waals surface area contributed by atoms with Crippen LogP contribution >= 0.6 is 0 Å². The monoisotopic (exact) mass is 504 g/mol. The molecule has 0 aliphatic rings. The minimum atomic E-state index is -0.130. The third-order valence-electron chi connectivity index (χ3n) is 6.42. The number of hydrogen-bond acceptors (Lipinski definition) is 6. The summed E-state index contributed by atoms with van der Waals surface area (Å²) in [6.45, 7) is 7.38. The van der Waals surface area contributed by atoms with Crippen molar-refractivity contribution in [2.45, 2.75) is 13.8 Å². The summed E-state index contributed by atoms with van der Waals surface area (Å²) in [6.07, 6.45) is 1.47. The van der Waals surface area contributed by atoms with Crippen molar-refractivity contribution in [3.05, 3.63) is 90.9 Å². The summed E-state index contributed by atoms with van der Waals surface area (Å²) < 4.78 is 7.96. The van der Waals surface area contributed by atoms with Gasteiger partial charge in [0.1, 0.15) is 23.5 Å². The number of anilines is 2. The fourth-order valence-corrected chi connectivity index (χ4v) is 4.53.